The van der Waals surface area contributed by atoms with Crippen molar-refractivity contribution in [3.8, 4) is 0 Å². The van der Waals surface area contributed by atoms with Crippen LogP contribution >= 0.6 is 11.6 Å². The molecule has 0 bridgehead atoms. The van der Waals surface area contributed by atoms with Gasteiger partial charge in [0, 0.05) is 5.88 Å². The van der Waals surface area contributed by atoms with E-state index in [0.717, 1.165) is 6.61 Å². The summed E-state index contributed by atoms with van der Waals surface area (Å²) in [5.41, 5.74) is 0. The Morgan fingerprint density at radius 1 is 1.20 bits per heavy atom. The van der Waals surface area contributed by atoms with Gasteiger partial charge in [0.2, 0.25) is 0 Å². The number of hydrogen-bond donors (Lipinski definition) is 0. The van der Waals surface area contributed by atoms with Crippen LogP contribution in [0.3, 0.4) is 0 Å². The molecule has 60 valence electrons. The lowest BCUT2D eigenvalue weighted by atomic mass is 9.98. The second-order valence-electron chi connectivity index (χ2n) is 2.82. The van der Waals surface area contributed by atoms with Crippen molar-refractivity contribution in [1.82, 2.24) is 0 Å². The Kier molecular flexibility index (Phi) is 4.15. The molecular formula is C8H15ClO. The fourth-order valence-electron chi connectivity index (χ4n) is 1.44. The van der Waals surface area contributed by atoms with E-state index in [1.807, 2.05) is 0 Å². The maximum Gasteiger partial charge on any atom is 0.0605 e. The van der Waals surface area contributed by atoms with E-state index in [9.17, 15) is 0 Å². The van der Waals surface area contributed by atoms with E-state index in [4.69, 9.17) is 16.3 Å². The van der Waals surface area contributed by atoms with Crippen molar-refractivity contribution < 1.29 is 4.74 Å². The molecule has 10 heavy (non-hydrogen) atoms. The van der Waals surface area contributed by atoms with Gasteiger partial charge < -0.3 is 4.74 Å². The van der Waals surface area contributed by atoms with Crippen molar-refractivity contribution in [2.75, 3.05) is 12.5 Å². The van der Waals surface area contributed by atoms with E-state index in [0.29, 0.717) is 12.0 Å². The Hall–Kier alpha value is 0.250. The van der Waals surface area contributed by atoms with Gasteiger partial charge in [-0.2, -0.15) is 0 Å². The van der Waals surface area contributed by atoms with Crippen molar-refractivity contribution in [2.24, 2.45) is 0 Å². The second kappa shape index (κ2) is 4.97. The summed E-state index contributed by atoms with van der Waals surface area (Å²) in [5.74, 6) is 0.635. The molecule has 0 aromatic carbocycles. The highest BCUT2D eigenvalue weighted by molar-refractivity contribution is 6.17. The van der Waals surface area contributed by atoms with E-state index in [2.05, 4.69) is 0 Å². The van der Waals surface area contributed by atoms with Crippen LogP contribution in [0.2, 0.25) is 0 Å². The van der Waals surface area contributed by atoms with Crippen LogP contribution in [0.4, 0.5) is 0 Å². The summed E-state index contributed by atoms with van der Waals surface area (Å²) >= 11 is 5.50. The molecule has 0 heterocycles. The topological polar surface area (TPSA) is 9.23 Å². The molecule has 0 aromatic heterocycles. The van der Waals surface area contributed by atoms with E-state index in [-0.39, 0.29) is 0 Å². The van der Waals surface area contributed by atoms with E-state index >= 15 is 0 Å². The lowest BCUT2D eigenvalue weighted by Gasteiger charge is -2.21. The summed E-state index contributed by atoms with van der Waals surface area (Å²) in [6, 6.07) is 0. The summed E-state index contributed by atoms with van der Waals surface area (Å²) < 4.78 is 5.50. The molecule has 0 saturated heterocycles. The molecule has 1 rings (SSSR count). The van der Waals surface area contributed by atoms with Gasteiger partial charge in [0.05, 0.1) is 12.7 Å². The van der Waals surface area contributed by atoms with Crippen LogP contribution in [-0.4, -0.2) is 18.6 Å². The summed E-state index contributed by atoms with van der Waals surface area (Å²) in [6.07, 6.45) is 7.08. The highest BCUT2D eigenvalue weighted by Gasteiger charge is 2.12. The molecule has 1 aliphatic carbocycles. The highest BCUT2D eigenvalue weighted by Crippen LogP contribution is 2.19. The first kappa shape index (κ1) is 8.35. The standard InChI is InChI=1S/C8H15ClO/c9-6-7-10-8-4-2-1-3-5-8/h8H,1-7H2. The SMILES string of the molecule is ClCCOC1CCCCC1. The molecule has 1 saturated carbocycles. The van der Waals surface area contributed by atoms with Crippen molar-refractivity contribution >= 4 is 11.6 Å². The van der Waals surface area contributed by atoms with Crippen LogP contribution < -0.4 is 0 Å². The van der Waals surface area contributed by atoms with Crippen molar-refractivity contribution in [1.29, 1.82) is 0 Å². The Bertz CT molecular complexity index is 79.3. The van der Waals surface area contributed by atoms with E-state index in [1.165, 1.54) is 32.1 Å². The van der Waals surface area contributed by atoms with Gasteiger partial charge in [-0.05, 0) is 12.8 Å². The molecule has 0 atom stereocenters. The molecule has 0 spiro atoms. The van der Waals surface area contributed by atoms with Crippen LogP contribution in [-0.2, 0) is 4.74 Å². The van der Waals surface area contributed by atoms with Crippen LogP contribution in [0.1, 0.15) is 32.1 Å². The number of halogens is 1. The minimum absolute atomic E-state index is 0.521. The maximum atomic E-state index is 5.50. The fourth-order valence-corrected chi connectivity index (χ4v) is 1.53. The smallest absolute Gasteiger partial charge is 0.0605 e. The molecular weight excluding hydrogens is 148 g/mol. The first-order valence-electron chi connectivity index (χ1n) is 4.11. The minimum Gasteiger partial charge on any atom is -0.377 e. The third-order valence-electron chi connectivity index (χ3n) is 1.98. The first-order valence-corrected chi connectivity index (χ1v) is 4.64. The Labute approximate surface area is 67.7 Å². The predicted octanol–water partition coefficient (Wildman–Crippen LogP) is 2.57. The number of rotatable bonds is 3. The molecule has 0 N–H and O–H groups in total. The third kappa shape index (κ3) is 2.89. The molecule has 0 amide bonds. The van der Waals surface area contributed by atoms with Crippen LogP contribution in [0.25, 0.3) is 0 Å². The third-order valence-corrected chi connectivity index (χ3v) is 2.14. The monoisotopic (exact) mass is 162 g/mol. The lowest BCUT2D eigenvalue weighted by molar-refractivity contribution is 0.0380. The van der Waals surface area contributed by atoms with Gasteiger partial charge in [-0.25, -0.2) is 0 Å². The largest absolute Gasteiger partial charge is 0.377 e. The summed E-state index contributed by atoms with van der Waals surface area (Å²) in [4.78, 5) is 0. The summed E-state index contributed by atoms with van der Waals surface area (Å²) in [6.45, 7) is 0.728. The number of ether oxygens (including phenoxy) is 1. The Morgan fingerprint density at radius 3 is 2.50 bits per heavy atom. The van der Waals surface area contributed by atoms with Gasteiger partial charge in [-0.1, -0.05) is 19.3 Å². The van der Waals surface area contributed by atoms with Crippen LogP contribution in [0, 0.1) is 0 Å². The fraction of sp³-hybridized carbons (Fsp3) is 1.00. The van der Waals surface area contributed by atoms with Crippen molar-refractivity contribution in [3.05, 3.63) is 0 Å². The van der Waals surface area contributed by atoms with E-state index in [1.54, 1.807) is 0 Å². The molecule has 1 fully saturated rings. The quantitative estimate of drug-likeness (QED) is 0.580. The van der Waals surface area contributed by atoms with Crippen LogP contribution in [0.5, 0.6) is 0 Å². The maximum absolute atomic E-state index is 5.50. The highest BCUT2D eigenvalue weighted by atomic mass is 35.5. The van der Waals surface area contributed by atoms with E-state index < -0.39 is 0 Å². The van der Waals surface area contributed by atoms with Gasteiger partial charge in [-0.3, -0.25) is 0 Å². The minimum atomic E-state index is 0.521. The van der Waals surface area contributed by atoms with Crippen molar-refractivity contribution in [2.45, 2.75) is 38.2 Å². The Morgan fingerprint density at radius 2 is 1.90 bits per heavy atom. The van der Waals surface area contributed by atoms with Gasteiger partial charge in [0.15, 0.2) is 0 Å². The molecule has 0 aliphatic heterocycles. The zero-order chi connectivity index (χ0) is 7.23. The molecule has 1 nitrogen and oxygen atoms in total. The number of alkyl halides is 1. The second-order valence-corrected chi connectivity index (χ2v) is 3.20. The molecule has 0 radical (unpaired) electrons. The summed E-state index contributed by atoms with van der Waals surface area (Å²) in [5, 5.41) is 0. The predicted molar refractivity (Wildman–Crippen MR) is 43.5 cm³/mol. The molecule has 0 unspecified atom stereocenters. The Balaban J connectivity index is 2.02. The lowest BCUT2D eigenvalue weighted by Crippen LogP contribution is -2.17. The number of hydrogen-bond acceptors (Lipinski definition) is 1. The van der Waals surface area contributed by atoms with Gasteiger partial charge in [-0.15, -0.1) is 11.6 Å². The first-order chi connectivity index (χ1) is 4.93. The van der Waals surface area contributed by atoms with Gasteiger partial charge in [0.25, 0.3) is 0 Å². The average molecular weight is 163 g/mol. The zero-order valence-electron chi connectivity index (χ0n) is 6.31. The zero-order valence-corrected chi connectivity index (χ0v) is 7.07. The van der Waals surface area contributed by atoms with Crippen LogP contribution in [0.15, 0.2) is 0 Å². The molecule has 2 heteroatoms. The molecule has 0 aromatic rings. The normalized spacial score (nSPS) is 21.3. The van der Waals surface area contributed by atoms with Gasteiger partial charge >= 0.3 is 0 Å². The average Bonchev–Trinajstić information content (AvgIpc) is 2.03. The summed E-state index contributed by atoms with van der Waals surface area (Å²) in [7, 11) is 0. The van der Waals surface area contributed by atoms with Gasteiger partial charge in [0.1, 0.15) is 0 Å². The molecule has 1 aliphatic rings. The van der Waals surface area contributed by atoms with Crippen molar-refractivity contribution in [3.63, 3.8) is 0 Å².